The Bertz CT molecular complexity index is 1870. The molecular formula is C47H70Cl2N10O7. The summed E-state index contributed by atoms with van der Waals surface area (Å²) in [4.78, 5) is 98.1. The standard InChI is InChI=1S/C47H68N10O7.2ClH/c1-29(48-3)41(58)54-37(45(62)56-27-11-21-39(56)43(60)52-35-19-9-15-31-13-5-7-17-33(31)35)23-25-50-47(64)51-26-24-38(55-42(59)30(2)49-4)46(63)57-28-12-22-40(57)44(61)53-36-20-10-16-32-14-6-8-18-34(32)36;;/h5-8,13-14,17-18,29-30,35-40,48-49H,9-12,15-16,19-28H2,1-4H3,(H,52,60)(H,53,61)(H,54,58)(H,55,59)(H2,50,51,64);2*1H/t29-,30-,35+,36?,37-,38-,39-,40-;;/m0../s1. The van der Waals surface area contributed by atoms with Gasteiger partial charge in [-0.1, -0.05) is 48.5 Å². The van der Waals surface area contributed by atoms with Gasteiger partial charge in [-0.2, -0.15) is 0 Å². The number of aryl methyl sites for hydroxylation is 2. The Morgan fingerprint density at radius 2 is 0.970 bits per heavy atom. The first-order valence-electron chi connectivity index (χ1n) is 23.2. The molecule has 2 aliphatic carbocycles. The van der Waals surface area contributed by atoms with Crippen LogP contribution in [0.3, 0.4) is 0 Å². The first-order valence-corrected chi connectivity index (χ1v) is 23.2. The highest BCUT2D eigenvalue weighted by Crippen LogP contribution is 2.32. The lowest BCUT2D eigenvalue weighted by Gasteiger charge is -2.32. The van der Waals surface area contributed by atoms with E-state index in [4.69, 9.17) is 0 Å². The molecule has 6 rings (SSSR count). The summed E-state index contributed by atoms with van der Waals surface area (Å²) < 4.78 is 0. The summed E-state index contributed by atoms with van der Waals surface area (Å²) >= 11 is 0. The van der Waals surface area contributed by atoms with Crippen molar-refractivity contribution >= 4 is 66.3 Å². The lowest BCUT2D eigenvalue weighted by Crippen LogP contribution is -2.57. The third-order valence-corrected chi connectivity index (χ3v) is 13.4. The number of nitrogens with zero attached hydrogens (tertiary/aromatic N) is 2. The van der Waals surface area contributed by atoms with Crippen LogP contribution in [0.15, 0.2) is 48.5 Å². The van der Waals surface area contributed by atoms with E-state index in [1.54, 1.807) is 37.7 Å². The number of carbonyl (C=O) groups excluding carboxylic acids is 7. The number of urea groups is 1. The molecule has 2 aromatic carbocycles. The largest absolute Gasteiger partial charge is 0.347 e. The maximum absolute atomic E-state index is 14.1. The molecule has 0 bridgehead atoms. The number of hydrogen-bond donors (Lipinski definition) is 8. The van der Waals surface area contributed by atoms with Crippen LogP contribution in [0.25, 0.3) is 0 Å². The fourth-order valence-electron chi connectivity index (χ4n) is 9.44. The minimum absolute atomic E-state index is 0. The molecule has 1 unspecified atom stereocenters. The zero-order valence-corrected chi connectivity index (χ0v) is 40.3. The van der Waals surface area contributed by atoms with Crippen molar-refractivity contribution in [2.24, 2.45) is 0 Å². The van der Waals surface area contributed by atoms with Gasteiger partial charge in [-0.25, -0.2) is 4.79 Å². The van der Waals surface area contributed by atoms with Crippen molar-refractivity contribution in [2.45, 2.75) is 139 Å². The molecular weight excluding hydrogens is 887 g/mol. The predicted molar refractivity (Wildman–Crippen MR) is 256 cm³/mol. The minimum atomic E-state index is -1.02. The van der Waals surface area contributed by atoms with Crippen molar-refractivity contribution in [2.75, 3.05) is 40.3 Å². The first-order chi connectivity index (χ1) is 30.9. The van der Waals surface area contributed by atoms with E-state index in [-0.39, 0.29) is 74.6 Å². The Labute approximate surface area is 401 Å². The molecule has 19 heteroatoms. The van der Waals surface area contributed by atoms with E-state index < -0.39 is 65.9 Å². The van der Waals surface area contributed by atoms with Crippen LogP contribution >= 0.6 is 24.8 Å². The van der Waals surface area contributed by atoms with Crippen LogP contribution in [0.2, 0.25) is 0 Å². The Balaban J connectivity index is 0.00000476. The second-order valence-corrected chi connectivity index (χ2v) is 17.6. The highest BCUT2D eigenvalue weighted by atomic mass is 35.5. The monoisotopic (exact) mass is 956 g/mol. The Morgan fingerprint density at radius 3 is 1.36 bits per heavy atom. The van der Waals surface area contributed by atoms with E-state index in [0.717, 1.165) is 49.7 Å². The SMILES string of the molecule is CN[C@@H](C)C(=O)N[C@@H](CCNC(=O)NCC[C@H](NC(=O)[C@H](C)NC)C(=O)N1CCC[C@H]1C(=O)N[C@@H]1CCCc2ccccc21)C(=O)N1CCC[C@H]1C(=O)NC1CCCc2ccccc21.Cl.Cl. The zero-order valence-electron chi connectivity index (χ0n) is 38.6. The van der Waals surface area contributed by atoms with Crippen LogP contribution in [0, 0.1) is 0 Å². The van der Waals surface area contributed by atoms with Crippen molar-refractivity contribution in [3.8, 4) is 0 Å². The molecule has 0 aromatic heterocycles. The Kier molecular flexibility index (Phi) is 21.0. The maximum atomic E-state index is 14.1. The number of hydrogen-bond acceptors (Lipinski definition) is 9. The lowest BCUT2D eigenvalue weighted by atomic mass is 9.87. The molecule has 0 radical (unpaired) electrons. The van der Waals surface area contributed by atoms with E-state index in [1.165, 1.54) is 11.1 Å². The van der Waals surface area contributed by atoms with Crippen molar-refractivity contribution in [3.05, 3.63) is 70.8 Å². The molecule has 2 fully saturated rings. The normalized spacial score (nSPS) is 21.5. The molecule has 0 saturated carbocycles. The van der Waals surface area contributed by atoms with E-state index >= 15 is 0 Å². The number of carbonyl (C=O) groups is 7. The van der Waals surface area contributed by atoms with Gasteiger partial charge in [0.05, 0.1) is 24.2 Å². The topological polar surface area (TPSA) is 222 Å². The Hall–Kier alpha value is -4.97. The maximum Gasteiger partial charge on any atom is 0.314 e. The summed E-state index contributed by atoms with van der Waals surface area (Å²) in [7, 11) is 3.28. The van der Waals surface area contributed by atoms with E-state index in [9.17, 15) is 33.6 Å². The molecule has 8 N–H and O–H groups in total. The van der Waals surface area contributed by atoms with Gasteiger partial charge in [0.25, 0.3) is 0 Å². The van der Waals surface area contributed by atoms with Crippen molar-refractivity contribution in [1.82, 2.24) is 52.3 Å². The Morgan fingerprint density at radius 1 is 0.576 bits per heavy atom. The molecule has 2 aromatic rings. The van der Waals surface area contributed by atoms with Gasteiger partial charge in [-0.3, -0.25) is 28.8 Å². The van der Waals surface area contributed by atoms with E-state index in [0.29, 0.717) is 38.8 Å². The number of benzene rings is 2. The summed E-state index contributed by atoms with van der Waals surface area (Å²) in [6.07, 6.45) is 7.83. The van der Waals surface area contributed by atoms with Gasteiger partial charge < -0.3 is 52.3 Å². The number of amides is 8. The van der Waals surface area contributed by atoms with E-state index in [1.807, 2.05) is 36.4 Å². The molecule has 8 atom stereocenters. The molecule has 17 nitrogen and oxygen atoms in total. The third-order valence-electron chi connectivity index (χ3n) is 13.4. The van der Waals surface area contributed by atoms with E-state index in [2.05, 4.69) is 54.7 Å². The van der Waals surface area contributed by atoms with Gasteiger partial charge in [-0.15, -0.1) is 24.8 Å². The number of rotatable bonds is 18. The van der Waals surface area contributed by atoms with Crippen LogP contribution in [-0.2, 0) is 41.6 Å². The molecule has 364 valence electrons. The quantitative estimate of drug-likeness (QED) is 0.110. The van der Waals surface area contributed by atoms with Crippen LogP contribution in [0.5, 0.6) is 0 Å². The summed E-state index contributed by atoms with van der Waals surface area (Å²) in [5, 5.41) is 23.3. The second kappa shape index (κ2) is 25.8. The van der Waals surface area contributed by atoms with Crippen molar-refractivity contribution < 1.29 is 33.6 Å². The molecule has 4 aliphatic rings. The van der Waals surface area contributed by atoms with Crippen LogP contribution in [-0.4, -0.2) is 128 Å². The number of likely N-dealkylation sites (tertiary alicyclic amines) is 2. The molecule has 66 heavy (non-hydrogen) atoms. The average molecular weight is 958 g/mol. The number of nitrogens with one attached hydrogen (secondary N) is 8. The second-order valence-electron chi connectivity index (χ2n) is 17.6. The van der Waals surface area contributed by atoms with Gasteiger partial charge in [-0.05, 0) is 127 Å². The smallest absolute Gasteiger partial charge is 0.314 e. The first kappa shape index (κ1) is 53.6. The summed E-state index contributed by atoms with van der Waals surface area (Å²) in [6.45, 7) is 4.09. The summed E-state index contributed by atoms with van der Waals surface area (Å²) in [5.41, 5.74) is 4.64. The average Bonchev–Trinajstić information content (AvgIpc) is 4.02. The predicted octanol–water partition coefficient (Wildman–Crippen LogP) is 2.46. The molecule has 2 aliphatic heterocycles. The van der Waals surface area contributed by atoms with Crippen LogP contribution < -0.4 is 42.5 Å². The van der Waals surface area contributed by atoms with Gasteiger partial charge in [0, 0.05) is 26.2 Å². The van der Waals surface area contributed by atoms with Crippen LogP contribution in [0.4, 0.5) is 4.79 Å². The van der Waals surface area contributed by atoms with Gasteiger partial charge in [0.15, 0.2) is 0 Å². The van der Waals surface area contributed by atoms with Gasteiger partial charge in [0.1, 0.15) is 24.2 Å². The van der Waals surface area contributed by atoms with Crippen LogP contribution in [0.1, 0.15) is 112 Å². The highest BCUT2D eigenvalue weighted by Gasteiger charge is 2.41. The van der Waals surface area contributed by atoms with Crippen molar-refractivity contribution in [1.29, 1.82) is 0 Å². The molecule has 0 spiro atoms. The third kappa shape index (κ3) is 13.6. The highest BCUT2D eigenvalue weighted by molar-refractivity contribution is 5.95. The number of likely N-dealkylation sites (N-methyl/N-ethyl adjacent to an activating group) is 2. The van der Waals surface area contributed by atoms with Gasteiger partial charge in [0.2, 0.25) is 35.4 Å². The fourth-order valence-corrected chi connectivity index (χ4v) is 9.44. The molecule has 2 heterocycles. The zero-order chi connectivity index (χ0) is 45.8. The van der Waals surface area contributed by atoms with Gasteiger partial charge >= 0.3 is 6.03 Å². The molecule has 8 amide bonds. The fraction of sp³-hybridized carbons (Fsp3) is 0.596. The summed E-state index contributed by atoms with van der Waals surface area (Å²) in [6, 6.07) is 10.7. The number of halogens is 2. The molecule has 2 saturated heterocycles. The number of fused-ring (bicyclic) bond motifs is 2. The summed E-state index contributed by atoms with van der Waals surface area (Å²) in [5.74, 6) is -2.03. The minimum Gasteiger partial charge on any atom is -0.347 e. The van der Waals surface area contributed by atoms with Crippen molar-refractivity contribution in [3.63, 3.8) is 0 Å². The lowest BCUT2D eigenvalue weighted by molar-refractivity contribution is -0.142.